The molecule has 0 saturated carbocycles. The van der Waals surface area contributed by atoms with Crippen LogP contribution in [-0.4, -0.2) is 32.2 Å². The summed E-state index contributed by atoms with van der Waals surface area (Å²) in [6, 6.07) is 6.51. The van der Waals surface area contributed by atoms with Gasteiger partial charge in [0.1, 0.15) is 11.6 Å². The number of hydrogen-bond acceptors (Lipinski definition) is 5. The van der Waals surface area contributed by atoms with Crippen molar-refractivity contribution in [3.05, 3.63) is 57.6 Å². The predicted molar refractivity (Wildman–Crippen MR) is 100 cm³/mol. The number of rotatable bonds is 8. The molecule has 0 aromatic heterocycles. The van der Waals surface area contributed by atoms with Gasteiger partial charge in [-0.1, -0.05) is 22.0 Å². The predicted octanol–water partition coefficient (Wildman–Crippen LogP) is 3.61. The number of esters is 1. The summed E-state index contributed by atoms with van der Waals surface area (Å²) < 4.78 is 43.3. The van der Waals surface area contributed by atoms with Crippen molar-refractivity contribution >= 4 is 27.8 Å². The highest BCUT2D eigenvalue weighted by molar-refractivity contribution is 9.10. The number of halogens is 3. The smallest absolute Gasteiger partial charge is 0.344 e. The van der Waals surface area contributed by atoms with Crippen molar-refractivity contribution in [1.82, 2.24) is 5.32 Å². The van der Waals surface area contributed by atoms with E-state index in [1.54, 1.807) is 13.0 Å². The van der Waals surface area contributed by atoms with Crippen LogP contribution in [0.5, 0.6) is 11.5 Å². The second-order valence-electron chi connectivity index (χ2n) is 5.50. The third kappa shape index (κ3) is 5.66. The van der Waals surface area contributed by atoms with Crippen molar-refractivity contribution in [2.45, 2.75) is 13.5 Å². The molecule has 2 aromatic carbocycles. The highest BCUT2D eigenvalue weighted by Gasteiger charge is 2.19. The minimum absolute atomic E-state index is 0.0694. The Morgan fingerprint density at radius 2 is 1.86 bits per heavy atom. The van der Waals surface area contributed by atoms with Gasteiger partial charge < -0.3 is 19.5 Å². The molecule has 0 unspecified atom stereocenters. The third-order valence-electron chi connectivity index (χ3n) is 3.60. The number of ether oxygens (including phenoxy) is 3. The second-order valence-corrected chi connectivity index (χ2v) is 6.41. The monoisotopic (exact) mass is 457 g/mol. The Hall–Kier alpha value is -2.68. The first kappa shape index (κ1) is 21.6. The lowest BCUT2D eigenvalue weighted by Gasteiger charge is -2.14. The van der Waals surface area contributed by atoms with E-state index in [0.29, 0.717) is 4.47 Å². The van der Waals surface area contributed by atoms with Crippen molar-refractivity contribution in [1.29, 1.82) is 0 Å². The quantitative estimate of drug-likeness (QED) is 0.612. The fourth-order valence-electron chi connectivity index (χ4n) is 2.26. The second kappa shape index (κ2) is 10.0. The van der Waals surface area contributed by atoms with Crippen LogP contribution in [0.15, 0.2) is 34.8 Å². The van der Waals surface area contributed by atoms with Gasteiger partial charge in [0.2, 0.25) is 0 Å². The molecule has 0 bridgehead atoms. The molecule has 0 heterocycles. The van der Waals surface area contributed by atoms with Crippen LogP contribution in [0.1, 0.15) is 22.8 Å². The van der Waals surface area contributed by atoms with Crippen LogP contribution in [0, 0.1) is 11.6 Å². The maximum atomic E-state index is 14.0. The first-order valence-corrected chi connectivity index (χ1v) is 9.03. The van der Waals surface area contributed by atoms with E-state index >= 15 is 0 Å². The topological polar surface area (TPSA) is 73.9 Å². The van der Waals surface area contributed by atoms with Crippen molar-refractivity contribution in [3.8, 4) is 11.5 Å². The van der Waals surface area contributed by atoms with E-state index in [2.05, 4.69) is 21.2 Å². The van der Waals surface area contributed by atoms with Gasteiger partial charge in [-0.15, -0.1) is 0 Å². The Bertz CT molecular complexity index is 876. The molecule has 1 N–H and O–H groups in total. The lowest BCUT2D eigenvalue weighted by atomic mass is 10.1. The number of hydrogen-bond donors (Lipinski definition) is 1. The SMILES string of the molecule is CCOC(=O)COc1cc(F)c(OC)cc1C(=O)NCc1ccc(Br)cc1F. The zero-order chi connectivity index (χ0) is 20.7. The number of benzene rings is 2. The molecule has 2 rings (SSSR count). The van der Waals surface area contributed by atoms with Crippen LogP contribution in [0.25, 0.3) is 0 Å². The molecule has 0 radical (unpaired) electrons. The lowest BCUT2D eigenvalue weighted by Crippen LogP contribution is -2.25. The largest absolute Gasteiger partial charge is 0.494 e. The van der Waals surface area contributed by atoms with Gasteiger partial charge in [0, 0.05) is 22.6 Å². The van der Waals surface area contributed by atoms with E-state index in [9.17, 15) is 18.4 Å². The minimum Gasteiger partial charge on any atom is -0.494 e. The molecule has 9 heteroatoms. The average Bonchev–Trinajstić information content (AvgIpc) is 2.65. The Morgan fingerprint density at radius 3 is 2.50 bits per heavy atom. The fraction of sp³-hybridized carbons (Fsp3) is 0.263. The molecule has 0 aliphatic heterocycles. The van der Waals surface area contributed by atoms with Crippen LogP contribution < -0.4 is 14.8 Å². The van der Waals surface area contributed by atoms with E-state index in [4.69, 9.17) is 14.2 Å². The van der Waals surface area contributed by atoms with Crippen LogP contribution in [0.4, 0.5) is 8.78 Å². The Morgan fingerprint density at radius 1 is 1.11 bits per heavy atom. The van der Waals surface area contributed by atoms with Gasteiger partial charge in [-0.2, -0.15) is 0 Å². The summed E-state index contributed by atoms with van der Waals surface area (Å²) in [6.07, 6.45) is 0. The van der Waals surface area contributed by atoms with Gasteiger partial charge in [0.15, 0.2) is 18.2 Å². The maximum Gasteiger partial charge on any atom is 0.344 e. The molecule has 28 heavy (non-hydrogen) atoms. The van der Waals surface area contributed by atoms with Gasteiger partial charge in [-0.25, -0.2) is 13.6 Å². The molecule has 2 aromatic rings. The highest BCUT2D eigenvalue weighted by Crippen LogP contribution is 2.28. The van der Waals surface area contributed by atoms with Crippen molar-refractivity contribution in [3.63, 3.8) is 0 Å². The molecule has 0 aliphatic carbocycles. The van der Waals surface area contributed by atoms with Gasteiger partial charge in [-0.3, -0.25) is 4.79 Å². The summed E-state index contributed by atoms with van der Waals surface area (Å²) in [5.74, 6) is -2.92. The van der Waals surface area contributed by atoms with Crippen LogP contribution in [-0.2, 0) is 16.1 Å². The number of carbonyl (C=O) groups excluding carboxylic acids is 2. The Labute approximate surface area is 168 Å². The molecular formula is C19H18BrF2NO5. The van der Waals surface area contributed by atoms with Crippen LogP contribution >= 0.6 is 15.9 Å². The molecule has 0 saturated heterocycles. The first-order chi connectivity index (χ1) is 13.3. The van der Waals surface area contributed by atoms with E-state index in [1.165, 1.54) is 19.2 Å². The molecule has 0 spiro atoms. The number of methoxy groups -OCH3 is 1. The zero-order valence-electron chi connectivity index (χ0n) is 15.2. The standard InChI is InChI=1S/C19H18BrF2NO5/c1-3-27-18(24)10-28-16-8-15(22)17(26-2)7-13(16)19(25)23-9-11-4-5-12(20)6-14(11)21/h4-8H,3,9-10H2,1-2H3,(H,23,25). The normalized spacial score (nSPS) is 10.3. The van der Waals surface area contributed by atoms with Gasteiger partial charge >= 0.3 is 5.97 Å². The lowest BCUT2D eigenvalue weighted by molar-refractivity contribution is -0.145. The van der Waals surface area contributed by atoms with Gasteiger partial charge in [0.05, 0.1) is 19.3 Å². The summed E-state index contributed by atoms with van der Waals surface area (Å²) in [6.45, 7) is 1.19. The Kier molecular flexibility index (Phi) is 7.74. The summed E-state index contributed by atoms with van der Waals surface area (Å²) in [5, 5.41) is 2.53. The maximum absolute atomic E-state index is 14.0. The molecule has 0 aliphatic rings. The third-order valence-corrected chi connectivity index (χ3v) is 4.10. The van der Waals surface area contributed by atoms with E-state index in [-0.39, 0.29) is 35.8 Å². The number of amides is 1. The van der Waals surface area contributed by atoms with Crippen molar-refractivity contribution in [2.75, 3.05) is 20.3 Å². The van der Waals surface area contributed by atoms with Gasteiger partial charge in [0.25, 0.3) is 5.91 Å². The van der Waals surface area contributed by atoms with Crippen molar-refractivity contribution < 1.29 is 32.6 Å². The Balaban J connectivity index is 2.20. The first-order valence-electron chi connectivity index (χ1n) is 8.23. The minimum atomic E-state index is -0.767. The van der Waals surface area contributed by atoms with Crippen LogP contribution in [0.3, 0.4) is 0 Å². The summed E-state index contributed by atoms with van der Waals surface area (Å²) in [5.41, 5.74) is 0.194. The summed E-state index contributed by atoms with van der Waals surface area (Å²) in [4.78, 5) is 24.0. The molecule has 0 fully saturated rings. The van der Waals surface area contributed by atoms with Gasteiger partial charge in [-0.05, 0) is 25.1 Å². The molecular weight excluding hydrogens is 440 g/mol. The van der Waals surface area contributed by atoms with E-state index in [1.807, 2.05) is 0 Å². The molecule has 6 nitrogen and oxygen atoms in total. The number of carbonyl (C=O) groups is 2. The van der Waals surface area contributed by atoms with Crippen LogP contribution in [0.2, 0.25) is 0 Å². The summed E-state index contributed by atoms with van der Waals surface area (Å²) in [7, 11) is 1.25. The van der Waals surface area contributed by atoms with E-state index < -0.39 is 30.1 Å². The zero-order valence-corrected chi connectivity index (χ0v) is 16.8. The molecule has 150 valence electrons. The highest BCUT2D eigenvalue weighted by atomic mass is 79.9. The average molecular weight is 458 g/mol. The van der Waals surface area contributed by atoms with Crippen molar-refractivity contribution in [2.24, 2.45) is 0 Å². The van der Waals surface area contributed by atoms with E-state index in [0.717, 1.165) is 12.1 Å². The fourth-order valence-corrected chi connectivity index (χ4v) is 2.60. The number of nitrogens with one attached hydrogen (secondary N) is 1. The summed E-state index contributed by atoms with van der Waals surface area (Å²) >= 11 is 3.15. The molecule has 0 atom stereocenters. The molecule has 1 amide bonds.